The Labute approximate surface area is 101 Å². The van der Waals surface area contributed by atoms with Gasteiger partial charge in [0.1, 0.15) is 5.75 Å². The molecule has 1 aromatic carbocycles. The van der Waals surface area contributed by atoms with Crippen molar-refractivity contribution in [3.05, 3.63) is 29.8 Å². The molecule has 0 spiro atoms. The summed E-state index contributed by atoms with van der Waals surface area (Å²) in [5.74, 6) is 0.686. The number of aromatic hydroxyl groups is 1. The molecule has 0 aliphatic carbocycles. The van der Waals surface area contributed by atoms with Crippen LogP contribution in [-0.2, 0) is 11.2 Å². The van der Waals surface area contributed by atoms with Crippen LogP contribution in [0.5, 0.6) is 5.75 Å². The predicted octanol–water partition coefficient (Wildman–Crippen LogP) is 0.659. The van der Waals surface area contributed by atoms with Crippen LogP contribution in [0.15, 0.2) is 24.3 Å². The number of rotatable bonds is 3. The van der Waals surface area contributed by atoms with Crippen molar-refractivity contribution >= 4 is 5.91 Å². The van der Waals surface area contributed by atoms with Crippen LogP contribution in [0.2, 0.25) is 0 Å². The number of nitrogens with one attached hydrogen (secondary N) is 2. The minimum atomic E-state index is 0.0103. The van der Waals surface area contributed by atoms with E-state index in [1.165, 1.54) is 0 Å². The Bertz CT molecular complexity index is 406. The van der Waals surface area contributed by atoms with E-state index < -0.39 is 0 Å². The lowest BCUT2D eigenvalue weighted by Crippen LogP contribution is -2.40. The van der Waals surface area contributed by atoms with Crippen LogP contribution >= 0.6 is 0 Å². The lowest BCUT2D eigenvalue weighted by Gasteiger charge is -2.16. The zero-order valence-corrected chi connectivity index (χ0v) is 9.94. The largest absolute Gasteiger partial charge is 0.508 e. The number of phenols is 1. The number of benzene rings is 1. The van der Waals surface area contributed by atoms with E-state index >= 15 is 0 Å². The SMILES string of the molecule is CC1CNCC1NC(=O)Cc1cccc(O)c1. The molecule has 1 fully saturated rings. The van der Waals surface area contributed by atoms with Crippen LogP contribution < -0.4 is 10.6 Å². The summed E-state index contributed by atoms with van der Waals surface area (Å²) in [7, 11) is 0. The summed E-state index contributed by atoms with van der Waals surface area (Å²) in [5.41, 5.74) is 0.834. The average Bonchev–Trinajstić information content (AvgIpc) is 2.64. The molecule has 17 heavy (non-hydrogen) atoms. The van der Waals surface area contributed by atoms with Crippen LogP contribution in [0, 0.1) is 5.92 Å². The van der Waals surface area contributed by atoms with Crippen molar-refractivity contribution in [3.8, 4) is 5.75 Å². The van der Waals surface area contributed by atoms with Crippen molar-refractivity contribution in [1.29, 1.82) is 0 Å². The molecule has 0 aromatic heterocycles. The molecule has 1 aliphatic rings. The van der Waals surface area contributed by atoms with Gasteiger partial charge >= 0.3 is 0 Å². The summed E-state index contributed by atoms with van der Waals surface area (Å²) in [6.45, 7) is 3.92. The van der Waals surface area contributed by atoms with Gasteiger partial charge in [-0.15, -0.1) is 0 Å². The molecule has 2 unspecified atom stereocenters. The Morgan fingerprint density at radius 2 is 2.35 bits per heavy atom. The third-order valence-electron chi connectivity index (χ3n) is 3.14. The van der Waals surface area contributed by atoms with Gasteiger partial charge < -0.3 is 15.7 Å². The highest BCUT2D eigenvalue weighted by molar-refractivity contribution is 5.79. The standard InChI is InChI=1S/C13H18N2O2/c1-9-7-14-8-12(9)15-13(17)6-10-3-2-4-11(16)5-10/h2-5,9,12,14,16H,6-8H2,1H3,(H,15,17). The molecule has 3 N–H and O–H groups in total. The predicted molar refractivity (Wildman–Crippen MR) is 65.8 cm³/mol. The number of amides is 1. The van der Waals surface area contributed by atoms with Gasteiger partial charge in [0.05, 0.1) is 6.42 Å². The van der Waals surface area contributed by atoms with Crippen molar-refractivity contribution in [3.63, 3.8) is 0 Å². The Morgan fingerprint density at radius 1 is 1.53 bits per heavy atom. The van der Waals surface area contributed by atoms with E-state index in [1.54, 1.807) is 18.2 Å². The molecule has 4 heteroatoms. The molecule has 1 amide bonds. The third-order valence-corrected chi connectivity index (χ3v) is 3.14. The molecule has 4 nitrogen and oxygen atoms in total. The maximum absolute atomic E-state index is 11.8. The molecular weight excluding hydrogens is 216 g/mol. The summed E-state index contributed by atoms with van der Waals surface area (Å²) in [6.07, 6.45) is 0.317. The minimum absolute atomic E-state index is 0.0103. The van der Waals surface area contributed by atoms with Gasteiger partial charge in [-0.2, -0.15) is 0 Å². The van der Waals surface area contributed by atoms with Crippen molar-refractivity contribution in [2.75, 3.05) is 13.1 Å². The zero-order chi connectivity index (χ0) is 12.3. The van der Waals surface area contributed by atoms with E-state index in [2.05, 4.69) is 17.6 Å². The molecule has 1 aliphatic heterocycles. The normalized spacial score (nSPS) is 23.6. The summed E-state index contributed by atoms with van der Waals surface area (Å²) < 4.78 is 0. The molecule has 0 radical (unpaired) electrons. The minimum Gasteiger partial charge on any atom is -0.508 e. The maximum Gasteiger partial charge on any atom is 0.224 e. The fraction of sp³-hybridized carbons (Fsp3) is 0.462. The fourth-order valence-electron chi connectivity index (χ4n) is 2.11. The van der Waals surface area contributed by atoms with Crippen LogP contribution in [0.25, 0.3) is 0 Å². The van der Waals surface area contributed by atoms with Gasteiger partial charge in [0.2, 0.25) is 5.91 Å². The van der Waals surface area contributed by atoms with Gasteiger partial charge in [-0.1, -0.05) is 19.1 Å². The number of hydrogen-bond donors (Lipinski definition) is 3. The number of carbonyl (C=O) groups excluding carboxylic acids is 1. The van der Waals surface area contributed by atoms with E-state index in [4.69, 9.17) is 0 Å². The quantitative estimate of drug-likeness (QED) is 0.720. The lowest BCUT2D eigenvalue weighted by atomic mass is 10.1. The van der Waals surface area contributed by atoms with E-state index in [1.807, 2.05) is 6.07 Å². The first kappa shape index (κ1) is 11.9. The molecule has 0 bridgehead atoms. The second-order valence-electron chi connectivity index (χ2n) is 4.66. The molecule has 2 rings (SSSR count). The monoisotopic (exact) mass is 234 g/mol. The summed E-state index contributed by atoms with van der Waals surface area (Å²) in [5, 5.41) is 15.6. The van der Waals surface area contributed by atoms with Gasteiger partial charge in [0.25, 0.3) is 0 Å². The smallest absolute Gasteiger partial charge is 0.224 e. The summed E-state index contributed by atoms with van der Waals surface area (Å²) in [6, 6.07) is 7.04. The number of carbonyl (C=O) groups is 1. The molecule has 1 aromatic rings. The Morgan fingerprint density at radius 3 is 3.00 bits per heavy atom. The fourth-order valence-corrected chi connectivity index (χ4v) is 2.11. The second kappa shape index (κ2) is 5.19. The zero-order valence-electron chi connectivity index (χ0n) is 9.94. The van der Waals surface area contributed by atoms with Crippen molar-refractivity contribution in [2.24, 2.45) is 5.92 Å². The maximum atomic E-state index is 11.8. The first-order valence-electron chi connectivity index (χ1n) is 5.93. The van der Waals surface area contributed by atoms with Crippen LogP contribution in [-0.4, -0.2) is 30.1 Å². The van der Waals surface area contributed by atoms with Crippen LogP contribution in [0.4, 0.5) is 0 Å². The summed E-state index contributed by atoms with van der Waals surface area (Å²) >= 11 is 0. The first-order valence-corrected chi connectivity index (χ1v) is 5.93. The van der Waals surface area contributed by atoms with Crippen LogP contribution in [0.3, 0.4) is 0 Å². The van der Waals surface area contributed by atoms with E-state index in [0.29, 0.717) is 12.3 Å². The lowest BCUT2D eigenvalue weighted by molar-refractivity contribution is -0.121. The Kier molecular flexibility index (Phi) is 3.64. The van der Waals surface area contributed by atoms with Gasteiger partial charge in [-0.25, -0.2) is 0 Å². The van der Waals surface area contributed by atoms with Gasteiger partial charge in [0, 0.05) is 12.6 Å². The molecule has 1 heterocycles. The Balaban J connectivity index is 1.89. The third kappa shape index (κ3) is 3.20. The van der Waals surface area contributed by atoms with E-state index in [-0.39, 0.29) is 17.7 Å². The van der Waals surface area contributed by atoms with Gasteiger partial charge in [-0.3, -0.25) is 4.79 Å². The number of hydrogen-bond acceptors (Lipinski definition) is 3. The van der Waals surface area contributed by atoms with Crippen molar-refractivity contribution < 1.29 is 9.90 Å². The van der Waals surface area contributed by atoms with Gasteiger partial charge in [0.15, 0.2) is 0 Å². The summed E-state index contributed by atoms with van der Waals surface area (Å²) in [4.78, 5) is 11.8. The van der Waals surface area contributed by atoms with E-state index in [0.717, 1.165) is 18.7 Å². The highest BCUT2D eigenvalue weighted by Crippen LogP contribution is 2.12. The average molecular weight is 234 g/mol. The highest BCUT2D eigenvalue weighted by atomic mass is 16.3. The molecule has 0 saturated carbocycles. The first-order chi connectivity index (χ1) is 8.15. The molecule has 2 atom stereocenters. The molecule has 1 saturated heterocycles. The molecular formula is C13H18N2O2. The number of phenolic OH excluding ortho intramolecular Hbond substituents is 1. The van der Waals surface area contributed by atoms with E-state index in [9.17, 15) is 9.90 Å². The molecule has 92 valence electrons. The van der Waals surface area contributed by atoms with Crippen LogP contribution in [0.1, 0.15) is 12.5 Å². The Hall–Kier alpha value is -1.55. The van der Waals surface area contributed by atoms with Crippen molar-refractivity contribution in [2.45, 2.75) is 19.4 Å². The van der Waals surface area contributed by atoms with Crippen molar-refractivity contribution in [1.82, 2.24) is 10.6 Å². The highest BCUT2D eigenvalue weighted by Gasteiger charge is 2.24. The second-order valence-corrected chi connectivity index (χ2v) is 4.66. The topological polar surface area (TPSA) is 61.4 Å². The van der Waals surface area contributed by atoms with Gasteiger partial charge in [-0.05, 0) is 30.2 Å².